The molecule has 0 spiro atoms. The summed E-state index contributed by atoms with van der Waals surface area (Å²) in [7, 11) is 0. The molecule has 0 aromatic heterocycles. The number of hydrogen-bond donors (Lipinski definition) is 8. The lowest BCUT2D eigenvalue weighted by Gasteiger charge is -2.27. The van der Waals surface area contributed by atoms with Gasteiger partial charge in [0.1, 0.15) is 48.8 Å². The molecule has 2 saturated heterocycles. The van der Waals surface area contributed by atoms with Gasteiger partial charge in [-0.2, -0.15) is 0 Å². The summed E-state index contributed by atoms with van der Waals surface area (Å²) in [6, 6.07) is 0. The first-order valence-corrected chi connectivity index (χ1v) is 7.08. The third kappa shape index (κ3) is 3.65. The van der Waals surface area contributed by atoms with Crippen LogP contribution in [0.2, 0.25) is 0 Å². The Balaban J connectivity index is 2.07. The Labute approximate surface area is 130 Å². The van der Waals surface area contributed by atoms with E-state index in [-0.39, 0.29) is 0 Å². The fourth-order valence-corrected chi connectivity index (χ4v) is 2.61. The Morgan fingerprint density at radius 3 is 1.91 bits per heavy atom. The van der Waals surface area contributed by atoms with Crippen molar-refractivity contribution in [1.29, 1.82) is 0 Å². The van der Waals surface area contributed by atoms with E-state index in [1.165, 1.54) is 0 Å². The van der Waals surface area contributed by atoms with Gasteiger partial charge in [0.15, 0.2) is 12.6 Å². The molecular formula is C12H22O11. The molecule has 0 radical (unpaired) electrons. The zero-order chi connectivity index (χ0) is 17.3. The first kappa shape index (κ1) is 18.9. The van der Waals surface area contributed by atoms with E-state index in [0.717, 1.165) is 0 Å². The van der Waals surface area contributed by atoms with Gasteiger partial charge in [0.2, 0.25) is 0 Å². The number of ether oxygens (including phenoxy) is 3. The van der Waals surface area contributed by atoms with Crippen molar-refractivity contribution in [1.82, 2.24) is 0 Å². The molecule has 8 N–H and O–H groups in total. The van der Waals surface area contributed by atoms with Crippen LogP contribution in [0.25, 0.3) is 0 Å². The summed E-state index contributed by atoms with van der Waals surface area (Å²) in [4.78, 5) is 0. The molecule has 136 valence electrons. The second kappa shape index (κ2) is 7.63. The molecule has 0 aromatic rings. The van der Waals surface area contributed by atoms with Gasteiger partial charge < -0.3 is 55.1 Å². The quantitative estimate of drug-likeness (QED) is 0.230. The van der Waals surface area contributed by atoms with Crippen molar-refractivity contribution in [2.45, 2.75) is 61.4 Å². The Bertz CT molecular complexity index is 382. The van der Waals surface area contributed by atoms with Crippen LogP contribution in [-0.4, -0.2) is 115 Å². The first-order chi connectivity index (χ1) is 10.8. The second-order valence-electron chi connectivity index (χ2n) is 5.53. The second-order valence-corrected chi connectivity index (χ2v) is 5.53. The summed E-state index contributed by atoms with van der Waals surface area (Å²) in [5, 5.41) is 75.9. The lowest BCUT2D eigenvalue weighted by Crippen LogP contribution is -2.46. The minimum absolute atomic E-state index is 0.721. The maximum Gasteiger partial charge on any atom is 0.187 e. The summed E-state index contributed by atoms with van der Waals surface area (Å²) in [6.07, 6.45) is -14.9. The normalized spacial score (nSPS) is 47.0. The van der Waals surface area contributed by atoms with Gasteiger partial charge in [0.25, 0.3) is 0 Å². The highest BCUT2D eigenvalue weighted by molar-refractivity contribution is 4.95. The third-order valence-corrected chi connectivity index (χ3v) is 3.93. The number of hydrogen-bond acceptors (Lipinski definition) is 11. The van der Waals surface area contributed by atoms with Crippen molar-refractivity contribution in [3.63, 3.8) is 0 Å². The van der Waals surface area contributed by atoms with Crippen LogP contribution in [0.1, 0.15) is 0 Å². The molecule has 0 amide bonds. The van der Waals surface area contributed by atoms with Crippen molar-refractivity contribution < 1.29 is 55.1 Å². The fourth-order valence-electron chi connectivity index (χ4n) is 2.61. The Kier molecular flexibility index (Phi) is 6.27. The molecule has 2 rings (SSSR count). The maximum atomic E-state index is 9.88. The predicted molar refractivity (Wildman–Crippen MR) is 68.6 cm³/mol. The van der Waals surface area contributed by atoms with E-state index in [9.17, 15) is 30.6 Å². The van der Waals surface area contributed by atoms with E-state index >= 15 is 0 Å². The molecule has 2 aliphatic rings. The van der Waals surface area contributed by atoms with Gasteiger partial charge in [0, 0.05) is 0 Å². The molecule has 2 aliphatic heterocycles. The molecule has 0 unspecified atom stereocenters. The molecule has 0 bridgehead atoms. The predicted octanol–water partition coefficient (Wildman–Crippen LogP) is -5.40. The minimum Gasteiger partial charge on any atom is -0.394 e. The van der Waals surface area contributed by atoms with Crippen molar-refractivity contribution in [2.75, 3.05) is 13.2 Å². The van der Waals surface area contributed by atoms with Crippen molar-refractivity contribution >= 4 is 0 Å². The Hall–Kier alpha value is -0.440. The van der Waals surface area contributed by atoms with Crippen molar-refractivity contribution in [2.24, 2.45) is 0 Å². The van der Waals surface area contributed by atoms with E-state index in [1.807, 2.05) is 0 Å². The molecular weight excluding hydrogens is 320 g/mol. The Morgan fingerprint density at radius 1 is 0.783 bits per heavy atom. The maximum absolute atomic E-state index is 9.88. The standard InChI is InChI=1S/C12H22O11/c13-1-3(15)8-5(17)6(18)12(22-8)23-10-7(19)11(20)21-9(10)4(16)2-14/h3-20H,1-2H2/t3-,4-,5-,6-,7-,8+,9+,10-,11-,12+/m1/s1. The van der Waals surface area contributed by atoms with E-state index in [0.29, 0.717) is 0 Å². The molecule has 11 nitrogen and oxygen atoms in total. The van der Waals surface area contributed by atoms with Crippen LogP contribution >= 0.6 is 0 Å². The average Bonchev–Trinajstić information content (AvgIpc) is 2.98. The molecule has 0 saturated carbocycles. The highest BCUT2D eigenvalue weighted by atomic mass is 16.7. The van der Waals surface area contributed by atoms with Gasteiger partial charge in [-0.1, -0.05) is 0 Å². The van der Waals surface area contributed by atoms with E-state index in [1.54, 1.807) is 0 Å². The zero-order valence-corrected chi connectivity index (χ0v) is 12.0. The highest BCUT2D eigenvalue weighted by Gasteiger charge is 2.52. The highest BCUT2D eigenvalue weighted by Crippen LogP contribution is 2.31. The molecule has 0 aliphatic carbocycles. The molecule has 23 heavy (non-hydrogen) atoms. The molecule has 0 aromatic carbocycles. The summed E-state index contributed by atoms with van der Waals surface area (Å²) in [5.41, 5.74) is 0. The van der Waals surface area contributed by atoms with Crippen LogP contribution in [-0.2, 0) is 14.2 Å². The summed E-state index contributed by atoms with van der Waals surface area (Å²) in [5.74, 6) is 0. The van der Waals surface area contributed by atoms with Gasteiger partial charge in [-0.05, 0) is 0 Å². The third-order valence-electron chi connectivity index (χ3n) is 3.93. The monoisotopic (exact) mass is 342 g/mol. The molecule has 2 heterocycles. The van der Waals surface area contributed by atoms with Crippen LogP contribution in [0.3, 0.4) is 0 Å². The van der Waals surface area contributed by atoms with Crippen LogP contribution in [0.5, 0.6) is 0 Å². The molecule has 11 heteroatoms. The van der Waals surface area contributed by atoms with Crippen LogP contribution < -0.4 is 0 Å². The first-order valence-electron chi connectivity index (χ1n) is 7.08. The lowest BCUT2D eigenvalue weighted by molar-refractivity contribution is -0.226. The molecule has 2 fully saturated rings. The van der Waals surface area contributed by atoms with Crippen molar-refractivity contribution in [3.8, 4) is 0 Å². The van der Waals surface area contributed by atoms with Gasteiger partial charge >= 0.3 is 0 Å². The van der Waals surface area contributed by atoms with Crippen molar-refractivity contribution in [3.05, 3.63) is 0 Å². The Morgan fingerprint density at radius 2 is 1.35 bits per heavy atom. The minimum atomic E-state index is -1.69. The summed E-state index contributed by atoms with van der Waals surface area (Å²) in [6.45, 7) is -1.45. The number of rotatable bonds is 6. The summed E-state index contributed by atoms with van der Waals surface area (Å²) < 4.78 is 15.3. The van der Waals surface area contributed by atoms with E-state index in [2.05, 4.69) is 0 Å². The van der Waals surface area contributed by atoms with E-state index < -0.39 is 74.6 Å². The summed E-state index contributed by atoms with van der Waals surface area (Å²) >= 11 is 0. The number of aliphatic hydroxyl groups excluding tert-OH is 8. The molecule has 10 atom stereocenters. The van der Waals surface area contributed by atoms with Gasteiger partial charge in [-0.3, -0.25) is 0 Å². The SMILES string of the molecule is OC[C@@H](O)[C@@H]1O[C@@H](O[C@@H]2[C@@H](O)[C@H](O)O[C@H]2[C@H](O)CO)[C@H](O)[C@H]1O. The van der Waals surface area contributed by atoms with Gasteiger partial charge in [0.05, 0.1) is 13.2 Å². The average molecular weight is 342 g/mol. The van der Waals surface area contributed by atoms with Crippen LogP contribution in [0.15, 0.2) is 0 Å². The van der Waals surface area contributed by atoms with E-state index in [4.69, 9.17) is 24.4 Å². The fraction of sp³-hybridized carbons (Fsp3) is 1.00. The number of aliphatic hydroxyl groups is 8. The zero-order valence-electron chi connectivity index (χ0n) is 12.0. The van der Waals surface area contributed by atoms with Gasteiger partial charge in [-0.25, -0.2) is 0 Å². The van der Waals surface area contributed by atoms with Gasteiger partial charge in [-0.15, -0.1) is 0 Å². The largest absolute Gasteiger partial charge is 0.394 e. The smallest absolute Gasteiger partial charge is 0.187 e. The topological polar surface area (TPSA) is 190 Å². The van der Waals surface area contributed by atoms with Crippen LogP contribution in [0.4, 0.5) is 0 Å². The van der Waals surface area contributed by atoms with Crippen LogP contribution in [0, 0.1) is 0 Å². The lowest BCUT2D eigenvalue weighted by atomic mass is 10.1.